The number of methoxy groups -OCH3 is 1. The second kappa shape index (κ2) is 21.3. The van der Waals surface area contributed by atoms with Gasteiger partial charge in [-0.05, 0) is 78.5 Å². The lowest BCUT2D eigenvalue weighted by atomic mass is 9.97. The van der Waals surface area contributed by atoms with Gasteiger partial charge in [-0.1, -0.05) is 62.4 Å². The Kier molecular flexibility index (Phi) is 16.7. The number of benzene rings is 2. The molecule has 352 valence electrons. The van der Waals surface area contributed by atoms with Gasteiger partial charge in [0, 0.05) is 49.8 Å². The summed E-state index contributed by atoms with van der Waals surface area (Å²) in [5.41, 5.74) is -0.953. The lowest BCUT2D eigenvalue weighted by Crippen LogP contribution is -2.63. The van der Waals surface area contributed by atoms with Crippen LogP contribution in [0.2, 0.25) is 0 Å². The number of fused-ring (bicyclic) bond motifs is 1. The molecule has 2 heterocycles. The summed E-state index contributed by atoms with van der Waals surface area (Å²) in [4.78, 5) is 100. The number of para-hydroxylation sites is 1. The Morgan fingerprint density at radius 3 is 1.88 bits per heavy atom. The Morgan fingerprint density at radius 2 is 1.29 bits per heavy atom. The lowest BCUT2D eigenvalue weighted by molar-refractivity contribution is -0.145. The Bertz CT molecular complexity index is 2340. The highest BCUT2D eigenvalue weighted by atomic mass is 16.6. The van der Waals surface area contributed by atoms with Crippen LogP contribution in [0.15, 0.2) is 73.3 Å². The van der Waals surface area contributed by atoms with Crippen LogP contribution in [-0.4, -0.2) is 104 Å². The number of aryl methyl sites for hydroxylation is 1. The number of hydrogen-bond donors (Lipinski definition) is 5. The number of imidazole rings is 1. The monoisotopic (exact) mass is 900 g/mol. The molecule has 4 aromatic rings. The minimum atomic E-state index is -1.64. The van der Waals surface area contributed by atoms with E-state index < -0.39 is 88.6 Å². The first-order chi connectivity index (χ1) is 30.3. The fourth-order valence-corrected chi connectivity index (χ4v) is 6.78. The highest BCUT2D eigenvalue weighted by Crippen LogP contribution is 2.25. The van der Waals surface area contributed by atoms with E-state index in [1.807, 2.05) is 6.07 Å². The van der Waals surface area contributed by atoms with Gasteiger partial charge in [0.15, 0.2) is 0 Å². The molecule has 0 bridgehead atoms. The first-order valence-corrected chi connectivity index (χ1v) is 21.4. The summed E-state index contributed by atoms with van der Waals surface area (Å²) in [6, 6.07) is 11.1. The highest BCUT2D eigenvalue weighted by Gasteiger charge is 2.38. The Hall–Kier alpha value is -6.72. The van der Waals surface area contributed by atoms with Crippen molar-refractivity contribution in [1.29, 1.82) is 0 Å². The number of nitrogens with zero attached hydrogens (tertiary/aromatic N) is 3. The van der Waals surface area contributed by atoms with Crippen LogP contribution in [0.1, 0.15) is 86.1 Å². The van der Waals surface area contributed by atoms with Gasteiger partial charge in [0.1, 0.15) is 40.9 Å². The minimum absolute atomic E-state index is 0.0123. The molecule has 0 saturated heterocycles. The van der Waals surface area contributed by atoms with E-state index in [1.54, 1.807) is 134 Å². The quantitative estimate of drug-likeness (QED) is 0.0743. The molecule has 0 unspecified atom stereocenters. The molecule has 0 aliphatic heterocycles. The first-order valence-electron chi connectivity index (χ1n) is 21.4. The van der Waals surface area contributed by atoms with Crippen LogP contribution in [0.25, 0.3) is 10.9 Å². The lowest BCUT2D eigenvalue weighted by Gasteiger charge is -2.32. The van der Waals surface area contributed by atoms with Crippen LogP contribution in [-0.2, 0) is 64.5 Å². The summed E-state index contributed by atoms with van der Waals surface area (Å²) in [5, 5.41) is 14.2. The molecule has 18 heteroatoms. The molecule has 2 aromatic carbocycles. The fourth-order valence-electron chi connectivity index (χ4n) is 6.78. The molecule has 0 spiro atoms. The van der Waals surface area contributed by atoms with Gasteiger partial charge in [-0.3, -0.25) is 23.7 Å². The number of rotatable bonds is 17. The molecule has 0 fully saturated rings. The molecule has 4 rings (SSSR count). The zero-order valence-corrected chi connectivity index (χ0v) is 39.4. The normalized spacial score (nSPS) is 13.7. The van der Waals surface area contributed by atoms with E-state index in [1.165, 1.54) is 25.5 Å². The summed E-state index contributed by atoms with van der Waals surface area (Å²) < 4.78 is 19.1. The van der Waals surface area contributed by atoms with E-state index in [-0.39, 0.29) is 19.3 Å². The second-order valence-electron chi connectivity index (χ2n) is 18.8. The van der Waals surface area contributed by atoms with Crippen molar-refractivity contribution in [3.05, 3.63) is 90.1 Å². The van der Waals surface area contributed by atoms with Crippen molar-refractivity contribution in [3.8, 4) is 0 Å². The van der Waals surface area contributed by atoms with Crippen LogP contribution < -0.4 is 26.6 Å². The number of esters is 1. The van der Waals surface area contributed by atoms with Crippen LogP contribution >= 0.6 is 0 Å². The molecule has 0 aliphatic rings. The predicted octanol–water partition coefficient (Wildman–Crippen LogP) is 4.26. The summed E-state index contributed by atoms with van der Waals surface area (Å²) in [7, 11) is 2.94. The second-order valence-corrected chi connectivity index (χ2v) is 18.8. The number of hydrogen-bond acceptors (Lipinski definition) is 11. The van der Waals surface area contributed by atoms with E-state index in [2.05, 4.69) is 31.6 Å². The molecular weight excluding hydrogens is 837 g/mol. The van der Waals surface area contributed by atoms with E-state index in [4.69, 9.17) is 14.2 Å². The van der Waals surface area contributed by atoms with Crippen LogP contribution in [0.4, 0.5) is 9.59 Å². The predicted molar refractivity (Wildman–Crippen MR) is 242 cm³/mol. The molecule has 5 amide bonds. The smallest absolute Gasteiger partial charge is 0.419 e. The van der Waals surface area contributed by atoms with Gasteiger partial charge in [0.2, 0.25) is 23.6 Å². The summed E-state index contributed by atoms with van der Waals surface area (Å²) in [6.07, 6.45) is 3.08. The van der Waals surface area contributed by atoms with Crippen LogP contribution in [0, 0.1) is 5.92 Å². The molecule has 65 heavy (non-hydrogen) atoms. The Labute approximate surface area is 379 Å². The molecule has 0 aliphatic carbocycles. The maximum Gasteiger partial charge on any atom is 0.419 e. The topological polar surface area (TPSA) is 230 Å². The third kappa shape index (κ3) is 14.7. The highest BCUT2D eigenvalue weighted by molar-refractivity contribution is 5.98. The van der Waals surface area contributed by atoms with E-state index in [0.717, 1.165) is 5.56 Å². The molecule has 4 atom stereocenters. The number of ether oxygens (including phenoxy) is 3. The Balaban J connectivity index is 1.64. The van der Waals surface area contributed by atoms with Crippen LogP contribution in [0.3, 0.4) is 0 Å². The summed E-state index contributed by atoms with van der Waals surface area (Å²) >= 11 is 0. The SMILES string of the molecule is COC(=O)[C@H](Cc1ccccc1)NC(=O)[C@H](Cc1cn(C(=O)OC(C)(C)C)c2ccccc12)NC(=O)[C@H](NC(=O)C(C)(C)NC(=O)[C@H](Cc1cncn1C)NC(=O)OC(C)(C)C)C(C)C. The largest absolute Gasteiger partial charge is 0.467 e. The van der Waals surface area contributed by atoms with Crippen LogP contribution in [0.5, 0.6) is 0 Å². The maximum atomic E-state index is 14.4. The van der Waals surface area contributed by atoms with Gasteiger partial charge in [-0.15, -0.1) is 0 Å². The summed E-state index contributed by atoms with van der Waals surface area (Å²) in [6.45, 7) is 16.6. The van der Waals surface area contributed by atoms with E-state index in [9.17, 15) is 33.6 Å². The number of amides is 5. The van der Waals surface area contributed by atoms with Crippen molar-refractivity contribution in [2.24, 2.45) is 13.0 Å². The zero-order chi connectivity index (χ0) is 48.4. The maximum absolute atomic E-state index is 14.4. The molecule has 5 N–H and O–H groups in total. The number of carbonyl (C=O) groups excluding carboxylic acids is 7. The first kappa shape index (κ1) is 50.9. The van der Waals surface area contributed by atoms with Crippen molar-refractivity contribution >= 4 is 52.7 Å². The van der Waals surface area contributed by atoms with Crippen molar-refractivity contribution in [1.82, 2.24) is 40.7 Å². The number of aromatic nitrogens is 3. The van der Waals surface area contributed by atoms with Gasteiger partial charge in [-0.25, -0.2) is 19.4 Å². The van der Waals surface area contributed by atoms with Gasteiger partial charge in [-0.2, -0.15) is 0 Å². The van der Waals surface area contributed by atoms with E-state index in [0.29, 0.717) is 22.2 Å². The number of carbonyl (C=O) groups is 7. The summed E-state index contributed by atoms with van der Waals surface area (Å²) in [5.74, 6) is -4.20. The van der Waals surface area contributed by atoms with Crippen molar-refractivity contribution < 1.29 is 47.8 Å². The molecule has 0 radical (unpaired) electrons. The third-order valence-corrected chi connectivity index (χ3v) is 10.1. The van der Waals surface area contributed by atoms with Crippen molar-refractivity contribution in [2.45, 2.75) is 129 Å². The van der Waals surface area contributed by atoms with E-state index >= 15 is 0 Å². The van der Waals surface area contributed by atoms with Gasteiger partial charge < -0.3 is 45.4 Å². The number of alkyl carbamates (subject to hydrolysis) is 1. The average molecular weight is 901 g/mol. The molecular formula is C47H64N8O10. The van der Waals surface area contributed by atoms with Gasteiger partial charge in [0.25, 0.3) is 0 Å². The Morgan fingerprint density at radius 1 is 0.692 bits per heavy atom. The minimum Gasteiger partial charge on any atom is -0.467 e. The van der Waals surface area contributed by atoms with Crippen molar-refractivity contribution in [2.75, 3.05) is 7.11 Å². The zero-order valence-electron chi connectivity index (χ0n) is 39.4. The number of nitrogens with one attached hydrogen (secondary N) is 5. The molecule has 0 saturated carbocycles. The van der Waals surface area contributed by atoms with Crippen molar-refractivity contribution in [3.63, 3.8) is 0 Å². The molecule has 18 nitrogen and oxygen atoms in total. The third-order valence-electron chi connectivity index (χ3n) is 10.1. The average Bonchev–Trinajstić information content (AvgIpc) is 3.79. The van der Waals surface area contributed by atoms with Gasteiger partial charge in [0.05, 0.1) is 19.0 Å². The fraction of sp³-hybridized carbons (Fsp3) is 0.489. The molecule has 2 aromatic heterocycles. The standard InChI is InChI=1S/C47H64N8O10/c1-28(2)37(52-42(60)47(9,10)53-39(57)34(24-31-25-48-27-54(31)11)51-43(61)64-45(3,4)5)40(58)49-33(38(56)50-35(41(59)63-12)22-29-18-14-13-15-19-29)23-30-26-55(44(62)65-46(6,7)8)36-21-17-16-20-32(30)36/h13-21,25-28,33-35,37H,22-24H2,1-12H3,(H,49,58)(H,50,56)(H,51,61)(H,52,60)(H,53,57)/t33-,34-,35-,37+/m0/s1. The van der Waals surface area contributed by atoms with Gasteiger partial charge >= 0.3 is 18.2 Å².